The topological polar surface area (TPSA) is 93.1 Å². The van der Waals surface area contributed by atoms with E-state index in [-0.39, 0.29) is 16.9 Å². The van der Waals surface area contributed by atoms with Crippen molar-refractivity contribution in [3.05, 3.63) is 70.3 Å². The minimum Gasteiger partial charge on any atom is -0.287 e. The molecule has 0 unspecified atom stereocenters. The summed E-state index contributed by atoms with van der Waals surface area (Å²) in [5, 5.41) is 0.981. The van der Waals surface area contributed by atoms with Gasteiger partial charge in [-0.05, 0) is 30.7 Å². The lowest BCUT2D eigenvalue weighted by atomic mass is 10.2. The Hall–Kier alpha value is -3.20. The monoisotopic (exact) mass is 456 g/mol. The molecule has 0 radical (unpaired) electrons. The van der Waals surface area contributed by atoms with Crippen LogP contribution in [0.1, 0.15) is 43.0 Å². The van der Waals surface area contributed by atoms with Crippen LogP contribution in [0, 0.1) is 5.82 Å². The molecule has 168 valence electrons. The van der Waals surface area contributed by atoms with Crippen molar-refractivity contribution < 1.29 is 14.0 Å². The van der Waals surface area contributed by atoms with Gasteiger partial charge in [0.1, 0.15) is 5.82 Å². The van der Waals surface area contributed by atoms with Gasteiger partial charge in [0.15, 0.2) is 5.16 Å². The molecule has 2 amide bonds. The van der Waals surface area contributed by atoms with E-state index in [4.69, 9.17) is 0 Å². The number of hydrogen-bond acceptors (Lipinski definition) is 5. The van der Waals surface area contributed by atoms with Crippen LogP contribution in [0.15, 0.2) is 58.5 Å². The number of halogens is 1. The molecule has 2 N–H and O–H groups in total. The van der Waals surface area contributed by atoms with Crippen molar-refractivity contribution in [3.63, 3.8) is 0 Å². The standard InChI is InChI=1S/C23H25FN4O3S/c1-2-3-4-9-14-28-22(31)17-11-6-8-13-19(17)25-23(28)32-15-20(29)26-27-21(30)16-10-5-7-12-18(16)24/h5-8,10-13H,2-4,9,14-15H2,1H3,(H,26,29)(H,27,30). The van der Waals surface area contributed by atoms with E-state index in [1.807, 2.05) is 0 Å². The Morgan fingerprint density at radius 1 is 1.03 bits per heavy atom. The molecular formula is C23H25FN4O3S. The van der Waals surface area contributed by atoms with Gasteiger partial charge in [-0.1, -0.05) is 62.2 Å². The first-order valence-electron chi connectivity index (χ1n) is 10.5. The Balaban J connectivity index is 1.67. The van der Waals surface area contributed by atoms with Crippen LogP contribution in [0.5, 0.6) is 0 Å². The number of amides is 2. The van der Waals surface area contributed by atoms with Crippen molar-refractivity contribution in [2.45, 2.75) is 44.3 Å². The van der Waals surface area contributed by atoms with E-state index in [0.717, 1.165) is 43.5 Å². The average Bonchev–Trinajstić information content (AvgIpc) is 2.80. The number of carbonyl (C=O) groups is 2. The van der Waals surface area contributed by atoms with Gasteiger partial charge in [0.05, 0.1) is 22.2 Å². The molecule has 0 aliphatic carbocycles. The van der Waals surface area contributed by atoms with Crippen LogP contribution in [-0.4, -0.2) is 27.1 Å². The Kier molecular flexibility index (Phi) is 8.38. The number of unbranched alkanes of at least 4 members (excludes halogenated alkanes) is 3. The number of thioether (sulfide) groups is 1. The lowest BCUT2D eigenvalue weighted by Crippen LogP contribution is -2.42. The van der Waals surface area contributed by atoms with Crippen molar-refractivity contribution in [3.8, 4) is 0 Å². The third-order valence-corrected chi connectivity index (χ3v) is 5.80. The maximum atomic E-state index is 13.7. The van der Waals surface area contributed by atoms with Gasteiger partial charge < -0.3 is 0 Å². The first kappa shape index (κ1) is 23.5. The summed E-state index contributed by atoms with van der Waals surface area (Å²) in [6.07, 6.45) is 4.02. The molecule has 1 heterocycles. The fourth-order valence-electron chi connectivity index (χ4n) is 3.16. The number of nitrogens with one attached hydrogen (secondary N) is 2. The van der Waals surface area contributed by atoms with Crippen LogP contribution in [0.4, 0.5) is 4.39 Å². The van der Waals surface area contributed by atoms with Gasteiger partial charge >= 0.3 is 0 Å². The van der Waals surface area contributed by atoms with Gasteiger partial charge in [-0.3, -0.25) is 29.8 Å². The summed E-state index contributed by atoms with van der Waals surface area (Å²) in [4.78, 5) is 41.8. The molecule has 2 aromatic carbocycles. The normalized spacial score (nSPS) is 10.8. The lowest BCUT2D eigenvalue weighted by Gasteiger charge is -2.13. The van der Waals surface area contributed by atoms with Crippen LogP contribution in [0.25, 0.3) is 10.9 Å². The van der Waals surface area contributed by atoms with Gasteiger partial charge in [-0.25, -0.2) is 9.37 Å². The summed E-state index contributed by atoms with van der Waals surface area (Å²) >= 11 is 1.11. The molecule has 0 saturated carbocycles. The second-order valence-electron chi connectivity index (χ2n) is 7.20. The van der Waals surface area contributed by atoms with Crippen molar-refractivity contribution in [2.75, 3.05) is 5.75 Å². The molecule has 1 aromatic heterocycles. The van der Waals surface area contributed by atoms with Crippen LogP contribution in [0.3, 0.4) is 0 Å². The Morgan fingerprint density at radius 2 is 1.78 bits per heavy atom. The largest absolute Gasteiger partial charge is 0.287 e. The zero-order valence-corrected chi connectivity index (χ0v) is 18.6. The molecule has 3 aromatic rings. The average molecular weight is 457 g/mol. The summed E-state index contributed by atoms with van der Waals surface area (Å²) in [5.74, 6) is -2.00. The molecule has 3 rings (SSSR count). The third kappa shape index (κ3) is 5.94. The van der Waals surface area contributed by atoms with Crippen molar-refractivity contribution in [2.24, 2.45) is 0 Å². The predicted molar refractivity (Wildman–Crippen MR) is 123 cm³/mol. The first-order valence-corrected chi connectivity index (χ1v) is 11.5. The number of nitrogens with zero attached hydrogens (tertiary/aromatic N) is 2. The van der Waals surface area contributed by atoms with Crippen molar-refractivity contribution in [1.82, 2.24) is 20.4 Å². The third-order valence-electron chi connectivity index (χ3n) is 4.83. The highest BCUT2D eigenvalue weighted by Gasteiger charge is 2.15. The van der Waals surface area contributed by atoms with E-state index in [2.05, 4.69) is 22.8 Å². The van der Waals surface area contributed by atoms with Gasteiger partial charge in [0.2, 0.25) is 5.91 Å². The van der Waals surface area contributed by atoms with E-state index in [9.17, 15) is 18.8 Å². The quantitative estimate of drug-likeness (QED) is 0.222. The molecule has 0 fully saturated rings. The molecule has 0 aliphatic heterocycles. The molecule has 0 aliphatic rings. The fourth-order valence-corrected chi connectivity index (χ4v) is 3.98. The van der Waals surface area contributed by atoms with Gasteiger partial charge in [-0.2, -0.15) is 0 Å². The number of benzene rings is 2. The first-order chi connectivity index (χ1) is 15.5. The summed E-state index contributed by atoms with van der Waals surface area (Å²) in [7, 11) is 0. The number of hydrogen-bond donors (Lipinski definition) is 2. The van der Waals surface area contributed by atoms with Crippen LogP contribution in [-0.2, 0) is 11.3 Å². The smallest absolute Gasteiger partial charge is 0.272 e. The van der Waals surface area contributed by atoms with Crippen molar-refractivity contribution in [1.29, 1.82) is 0 Å². The van der Waals surface area contributed by atoms with E-state index in [0.29, 0.717) is 22.6 Å². The van der Waals surface area contributed by atoms with Crippen LogP contribution in [0.2, 0.25) is 0 Å². The predicted octanol–water partition coefficient (Wildman–Crippen LogP) is 3.67. The molecule has 0 bridgehead atoms. The SMILES string of the molecule is CCCCCCn1c(SCC(=O)NNC(=O)c2ccccc2F)nc2ccccc2c1=O. The van der Waals surface area contributed by atoms with Gasteiger partial charge in [0.25, 0.3) is 11.5 Å². The fraction of sp³-hybridized carbons (Fsp3) is 0.304. The Morgan fingerprint density at radius 3 is 2.56 bits per heavy atom. The minimum atomic E-state index is -0.752. The molecular weight excluding hydrogens is 431 g/mol. The van der Waals surface area contributed by atoms with Crippen LogP contribution < -0.4 is 16.4 Å². The molecule has 9 heteroatoms. The molecule has 0 spiro atoms. The number of fused-ring (bicyclic) bond motifs is 1. The van der Waals surface area contributed by atoms with E-state index in [1.54, 1.807) is 28.8 Å². The second-order valence-corrected chi connectivity index (χ2v) is 8.14. The maximum Gasteiger partial charge on any atom is 0.272 e. The maximum absolute atomic E-state index is 13.7. The highest BCUT2D eigenvalue weighted by Crippen LogP contribution is 2.18. The number of rotatable bonds is 9. The van der Waals surface area contributed by atoms with Crippen molar-refractivity contribution >= 4 is 34.5 Å². The number of carbonyl (C=O) groups excluding carboxylic acids is 2. The Bertz CT molecular complexity index is 1170. The number of aromatic nitrogens is 2. The highest BCUT2D eigenvalue weighted by atomic mass is 32.2. The van der Waals surface area contributed by atoms with E-state index < -0.39 is 17.6 Å². The van der Waals surface area contributed by atoms with E-state index >= 15 is 0 Å². The molecule has 32 heavy (non-hydrogen) atoms. The summed E-state index contributed by atoms with van der Waals surface area (Å²) < 4.78 is 15.3. The molecule has 7 nitrogen and oxygen atoms in total. The minimum absolute atomic E-state index is 0.0721. The second kappa shape index (κ2) is 11.4. The highest BCUT2D eigenvalue weighted by molar-refractivity contribution is 7.99. The Labute approximate surface area is 189 Å². The van der Waals surface area contributed by atoms with E-state index in [1.165, 1.54) is 18.2 Å². The zero-order chi connectivity index (χ0) is 22.9. The zero-order valence-electron chi connectivity index (χ0n) is 17.8. The molecule has 0 saturated heterocycles. The number of para-hydroxylation sites is 1. The molecule has 0 atom stereocenters. The summed E-state index contributed by atoms with van der Waals surface area (Å²) in [6.45, 7) is 2.64. The van der Waals surface area contributed by atoms with Crippen LogP contribution >= 0.6 is 11.8 Å². The van der Waals surface area contributed by atoms with Gasteiger partial charge in [-0.15, -0.1) is 0 Å². The summed E-state index contributed by atoms with van der Waals surface area (Å²) in [5.41, 5.74) is 4.73. The lowest BCUT2D eigenvalue weighted by molar-refractivity contribution is -0.119. The van der Waals surface area contributed by atoms with Gasteiger partial charge in [0, 0.05) is 6.54 Å². The summed E-state index contributed by atoms with van der Waals surface area (Å²) in [6, 6.07) is 12.6. The number of hydrazine groups is 1.